The van der Waals surface area contributed by atoms with Crippen molar-refractivity contribution in [1.82, 2.24) is 15.1 Å². The second-order valence-electron chi connectivity index (χ2n) is 6.64. The molecule has 0 aliphatic carbocycles. The van der Waals surface area contributed by atoms with Crippen molar-refractivity contribution < 1.29 is 9.53 Å². The van der Waals surface area contributed by atoms with Crippen LogP contribution in [0.1, 0.15) is 12.8 Å². The molecule has 0 radical (unpaired) electrons. The van der Waals surface area contributed by atoms with Crippen LogP contribution in [-0.2, 0) is 4.79 Å². The third-order valence-corrected chi connectivity index (χ3v) is 5.07. The van der Waals surface area contributed by atoms with Gasteiger partial charge in [-0.2, -0.15) is 0 Å². The van der Waals surface area contributed by atoms with E-state index in [9.17, 15) is 4.79 Å². The predicted molar refractivity (Wildman–Crippen MR) is 95.6 cm³/mol. The number of nitrogens with one attached hydrogen (secondary N) is 1. The Morgan fingerprint density at radius 3 is 2.62 bits per heavy atom. The van der Waals surface area contributed by atoms with Gasteiger partial charge in [0.15, 0.2) is 6.61 Å². The first-order valence-corrected chi connectivity index (χ1v) is 9.18. The summed E-state index contributed by atoms with van der Waals surface area (Å²) in [6.07, 6.45) is 2.60. The highest BCUT2D eigenvalue weighted by molar-refractivity contribution is 6.30. The monoisotopic (exact) mass is 351 g/mol. The van der Waals surface area contributed by atoms with Crippen molar-refractivity contribution >= 4 is 17.5 Å². The number of hydrogen-bond acceptors (Lipinski definition) is 4. The van der Waals surface area contributed by atoms with E-state index in [0.717, 1.165) is 51.7 Å². The van der Waals surface area contributed by atoms with Gasteiger partial charge in [0.2, 0.25) is 0 Å². The van der Waals surface area contributed by atoms with Crippen LogP contribution in [0.2, 0.25) is 5.02 Å². The summed E-state index contributed by atoms with van der Waals surface area (Å²) in [5.74, 6) is 1.49. The third-order valence-electron chi connectivity index (χ3n) is 4.82. The van der Waals surface area contributed by atoms with Gasteiger partial charge >= 0.3 is 0 Å². The van der Waals surface area contributed by atoms with Crippen LogP contribution < -0.4 is 10.1 Å². The third kappa shape index (κ3) is 5.10. The van der Waals surface area contributed by atoms with E-state index in [1.54, 1.807) is 24.3 Å². The molecule has 0 spiro atoms. The average Bonchev–Trinajstić information content (AvgIpc) is 2.62. The Kier molecular flexibility index (Phi) is 6.35. The molecule has 24 heavy (non-hydrogen) atoms. The Bertz CT molecular complexity index is 524. The number of piperidine rings is 1. The smallest absolute Gasteiger partial charge is 0.260 e. The molecule has 1 amide bonds. The van der Waals surface area contributed by atoms with Crippen molar-refractivity contribution in [3.05, 3.63) is 29.3 Å². The van der Waals surface area contributed by atoms with Crippen LogP contribution in [0.15, 0.2) is 24.3 Å². The number of piperazine rings is 1. The summed E-state index contributed by atoms with van der Waals surface area (Å²) >= 11 is 5.84. The molecule has 0 bridgehead atoms. The Morgan fingerprint density at radius 1 is 1.21 bits per heavy atom. The van der Waals surface area contributed by atoms with E-state index in [1.165, 1.54) is 12.8 Å². The molecule has 6 heteroatoms. The highest BCUT2D eigenvalue weighted by atomic mass is 35.5. The van der Waals surface area contributed by atoms with Gasteiger partial charge in [0.25, 0.3) is 5.91 Å². The minimum absolute atomic E-state index is 0.0592. The van der Waals surface area contributed by atoms with Crippen LogP contribution in [0.3, 0.4) is 0 Å². The van der Waals surface area contributed by atoms with Gasteiger partial charge in [-0.05, 0) is 56.1 Å². The Hall–Kier alpha value is -1.30. The van der Waals surface area contributed by atoms with Gasteiger partial charge in [-0.15, -0.1) is 0 Å². The van der Waals surface area contributed by atoms with Crippen LogP contribution in [-0.4, -0.2) is 68.1 Å². The minimum Gasteiger partial charge on any atom is -0.484 e. The number of nitrogens with zero attached hydrogens (tertiary/aromatic N) is 2. The molecule has 1 unspecified atom stereocenters. The largest absolute Gasteiger partial charge is 0.484 e. The Balaban J connectivity index is 1.37. The Morgan fingerprint density at radius 2 is 1.96 bits per heavy atom. The summed E-state index contributed by atoms with van der Waals surface area (Å²) in [5.41, 5.74) is 0. The van der Waals surface area contributed by atoms with E-state index in [1.807, 2.05) is 4.90 Å². The van der Waals surface area contributed by atoms with Crippen molar-refractivity contribution in [3.63, 3.8) is 0 Å². The molecule has 1 aromatic carbocycles. The number of amides is 1. The first-order chi connectivity index (χ1) is 11.7. The van der Waals surface area contributed by atoms with Crippen molar-refractivity contribution in [2.24, 2.45) is 5.92 Å². The highest BCUT2D eigenvalue weighted by Crippen LogP contribution is 2.16. The van der Waals surface area contributed by atoms with Crippen molar-refractivity contribution in [2.45, 2.75) is 12.8 Å². The van der Waals surface area contributed by atoms with E-state index in [2.05, 4.69) is 10.2 Å². The van der Waals surface area contributed by atoms with E-state index < -0.39 is 0 Å². The fourth-order valence-corrected chi connectivity index (χ4v) is 3.52. The number of hydrogen-bond donors (Lipinski definition) is 1. The number of rotatable bonds is 5. The lowest BCUT2D eigenvalue weighted by Crippen LogP contribution is -2.51. The minimum atomic E-state index is 0.0592. The maximum Gasteiger partial charge on any atom is 0.260 e. The van der Waals surface area contributed by atoms with Crippen molar-refractivity contribution in [3.8, 4) is 5.75 Å². The molecular formula is C18H26ClN3O2. The molecule has 2 aliphatic rings. The van der Waals surface area contributed by atoms with E-state index in [0.29, 0.717) is 10.8 Å². The molecule has 2 fully saturated rings. The first-order valence-electron chi connectivity index (χ1n) is 8.80. The molecule has 2 aliphatic heterocycles. The van der Waals surface area contributed by atoms with Crippen LogP contribution in [0, 0.1) is 5.92 Å². The van der Waals surface area contributed by atoms with Crippen LogP contribution >= 0.6 is 11.6 Å². The van der Waals surface area contributed by atoms with Crippen molar-refractivity contribution in [1.29, 1.82) is 0 Å². The molecule has 0 saturated carbocycles. The van der Waals surface area contributed by atoms with Gasteiger partial charge < -0.3 is 15.0 Å². The molecule has 2 saturated heterocycles. The summed E-state index contributed by atoms with van der Waals surface area (Å²) in [4.78, 5) is 16.7. The maximum atomic E-state index is 12.3. The molecular weight excluding hydrogens is 326 g/mol. The fourth-order valence-electron chi connectivity index (χ4n) is 3.39. The lowest BCUT2D eigenvalue weighted by molar-refractivity contribution is -0.135. The number of carbonyl (C=O) groups is 1. The zero-order valence-corrected chi connectivity index (χ0v) is 14.8. The summed E-state index contributed by atoms with van der Waals surface area (Å²) in [6, 6.07) is 7.10. The van der Waals surface area contributed by atoms with Gasteiger partial charge in [-0.1, -0.05) is 11.6 Å². The normalized spacial score (nSPS) is 22.4. The summed E-state index contributed by atoms with van der Waals surface area (Å²) in [5, 5.41) is 4.14. The summed E-state index contributed by atoms with van der Waals surface area (Å²) < 4.78 is 5.55. The van der Waals surface area contributed by atoms with Crippen LogP contribution in [0.25, 0.3) is 0 Å². The zero-order valence-electron chi connectivity index (χ0n) is 14.0. The maximum absolute atomic E-state index is 12.3. The standard InChI is InChI=1S/C18H26ClN3O2/c19-16-3-5-17(6-4-16)24-14-18(23)22-10-8-21(9-11-22)13-15-2-1-7-20-12-15/h3-6,15,20H,1-2,7-14H2. The molecule has 132 valence electrons. The van der Waals surface area contributed by atoms with Crippen LogP contribution in [0.4, 0.5) is 0 Å². The van der Waals surface area contributed by atoms with Gasteiger partial charge in [-0.25, -0.2) is 0 Å². The molecule has 1 atom stereocenters. The lowest BCUT2D eigenvalue weighted by atomic mass is 9.99. The van der Waals surface area contributed by atoms with Crippen LogP contribution in [0.5, 0.6) is 5.75 Å². The molecule has 5 nitrogen and oxygen atoms in total. The van der Waals surface area contributed by atoms with Gasteiger partial charge in [0.05, 0.1) is 0 Å². The molecule has 1 aromatic rings. The van der Waals surface area contributed by atoms with E-state index in [-0.39, 0.29) is 12.5 Å². The SMILES string of the molecule is O=C(COc1ccc(Cl)cc1)N1CCN(CC2CCCNC2)CC1. The number of ether oxygens (including phenoxy) is 1. The van der Waals surface area contributed by atoms with E-state index >= 15 is 0 Å². The topological polar surface area (TPSA) is 44.8 Å². The summed E-state index contributed by atoms with van der Waals surface area (Å²) in [7, 11) is 0. The number of benzene rings is 1. The van der Waals surface area contributed by atoms with Crippen molar-refractivity contribution in [2.75, 3.05) is 52.4 Å². The number of carbonyl (C=O) groups excluding carboxylic acids is 1. The average molecular weight is 352 g/mol. The predicted octanol–water partition coefficient (Wildman–Crippen LogP) is 1.86. The highest BCUT2D eigenvalue weighted by Gasteiger charge is 2.24. The second-order valence-corrected chi connectivity index (χ2v) is 7.07. The molecule has 1 N–H and O–H groups in total. The molecule has 3 rings (SSSR count). The van der Waals surface area contributed by atoms with Gasteiger partial charge in [-0.3, -0.25) is 9.69 Å². The quantitative estimate of drug-likeness (QED) is 0.879. The summed E-state index contributed by atoms with van der Waals surface area (Å²) in [6.45, 7) is 7.04. The Labute approximate surface area is 148 Å². The lowest BCUT2D eigenvalue weighted by Gasteiger charge is -2.37. The van der Waals surface area contributed by atoms with Gasteiger partial charge in [0, 0.05) is 37.7 Å². The van der Waals surface area contributed by atoms with Gasteiger partial charge in [0.1, 0.15) is 5.75 Å². The fraction of sp³-hybridized carbons (Fsp3) is 0.611. The zero-order chi connectivity index (χ0) is 16.8. The molecule has 2 heterocycles. The second kappa shape index (κ2) is 8.70. The van der Waals surface area contributed by atoms with E-state index in [4.69, 9.17) is 16.3 Å². The molecule has 0 aromatic heterocycles. The number of halogens is 1. The first kappa shape index (κ1) is 17.5.